The number of aliphatic imine (C=N–C) groups is 1. The summed E-state index contributed by atoms with van der Waals surface area (Å²) in [5.41, 5.74) is 1.59. The third kappa shape index (κ3) is 7.51. The number of carbonyl (C=O) groups is 1. The smallest absolute Gasteiger partial charge is 0.251 e. The quantitative estimate of drug-likeness (QED) is 0.272. The number of hydrogen-bond donors (Lipinski definition) is 4. The summed E-state index contributed by atoms with van der Waals surface area (Å²) in [7, 11) is 0. The second-order valence-electron chi connectivity index (χ2n) is 7.14. The molecule has 1 heterocycles. The number of aliphatic hydroxyl groups is 1. The first-order chi connectivity index (χ1) is 14.0. The van der Waals surface area contributed by atoms with Crippen LogP contribution in [0.3, 0.4) is 0 Å². The number of guanidine groups is 1. The van der Waals surface area contributed by atoms with Crippen molar-refractivity contribution in [3.8, 4) is 0 Å². The number of carbonyl (C=O) groups excluding carboxylic acids is 1. The molecule has 0 saturated heterocycles. The molecular formula is C22H32N4O2S. The van der Waals surface area contributed by atoms with Crippen LogP contribution >= 0.6 is 11.3 Å². The summed E-state index contributed by atoms with van der Waals surface area (Å²) in [5.74, 6) is 0.601. The van der Waals surface area contributed by atoms with Crippen LogP contribution in [-0.2, 0) is 12.1 Å². The SMILES string of the molecule is CCCCNC(=O)c1ccc(CN=C(NCC)NCC(C)(O)c2ccsc2)cc1. The summed E-state index contributed by atoms with van der Waals surface area (Å²) < 4.78 is 0. The van der Waals surface area contributed by atoms with Crippen LogP contribution in [0, 0.1) is 0 Å². The molecule has 0 aliphatic heterocycles. The minimum atomic E-state index is -0.969. The molecule has 0 bridgehead atoms. The number of nitrogens with zero attached hydrogens (tertiary/aromatic N) is 1. The fourth-order valence-electron chi connectivity index (χ4n) is 2.68. The summed E-state index contributed by atoms with van der Waals surface area (Å²) >= 11 is 1.56. The number of unbranched alkanes of at least 4 members (excludes halogenated alkanes) is 1. The Morgan fingerprint density at radius 1 is 1.14 bits per heavy atom. The molecule has 158 valence electrons. The van der Waals surface area contributed by atoms with Crippen molar-refractivity contribution in [3.05, 3.63) is 57.8 Å². The maximum atomic E-state index is 12.1. The van der Waals surface area contributed by atoms with Gasteiger partial charge in [-0.05, 0) is 60.4 Å². The molecule has 1 aromatic carbocycles. The van der Waals surface area contributed by atoms with Gasteiger partial charge in [-0.15, -0.1) is 0 Å². The van der Waals surface area contributed by atoms with Gasteiger partial charge in [0.25, 0.3) is 5.91 Å². The zero-order valence-corrected chi connectivity index (χ0v) is 18.3. The Bertz CT molecular complexity index is 771. The zero-order chi connectivity index (χ0) is 21.1. The Balaban J connectivity index is 1.93. The summed E-state index contributed by atoms with van der Waals surface area (Å²) in [4.78, 5) is 16.7. The molecule has 1 unspecified atom stereocenters. The highest BCUT2D eigenvalue weighted by Gasteiger charge is 2.23. The minimum absolute atomic E-state index is 0.0424. The van der Waals surface area contributed by atoms with Crippen molar-refractivity contribution in [1.29, 1.82) is 0 Å². The molecule has 6 nitrogen and oxygen atoms in total. The second kappa shape index (κ2) is 11.6. The van der Waals surface area contributed by atoms with E-state index in [9.17, 15) is 9.90 Å². The first kappa shape index (κ1) is 22.9. The van der Waals surface area contributed by atoms with Crippen molar-refractivity contribution in [2.75, 3.05) is 19.6 Å². The van der Waals surface area contributed by atoms with Crippen molar-refractivity contribution < 1.29 is 9.90 Å². The second-order valence-corrected chi connectivity index (χ2v) is 7.92. The van der Waals surface area contributed by atoms with Gasteiger partial charge in [-0.25, -0.2) is 4.99 Å². The summed E-state index contributed by atoms with van der Waals surface area (Å²) in [6.45, 7) is 8.15. The van der Waals surface area contributed by atoms with Crippen LogP contribution in [0.1, 0.15) is 55.1 Å². The van der Waals surface area contributed by atoms with Crippen molar-refractivity contribution in [3.63, 3.8) is 0 Å². The molecule has 2 rings (SSSR count). The van der Waals surface area contributed by atoms with Crippen LogP contribution in [0.4, 0.5) is 0 Å². The largest absolute Gasteiger partial charge is 0.384 e. The van der Waals surface area contributed by atoms with Gasteiger partial charge >= 0.3 is 0 Å². The van der Waals surface area contributed by atoms with E-state index in [4.69, 9.17) is 0 Å². The Kier molecular flexibility index (Phi) is 9.15. The van der Waals surface area contributed by atoms with E-state index in [0.29, 0.717) is 31.2 Å². The van der Waals surface area contributed by atoms with Crippen molar-refractivity contribution >= 4 is 23.2 Å². The summed E-state index contributed by atoms with van der Waals surface area (Å²) in [6, 6.07) is 9.42. The molecule has 0 spiro atoms. The van der Waals surface area contributed by atoms with E-state index in [2.05, 4.69) is 27.9 Å². The molecule has 0 fully saturated rings. The molecule has 29 heavy (non-hydrogen) atoms. The van der Waals surface area contributed by atoms with Gasteiger partial charge < -0.3 is 21.1 Å². The van der Waals surface area contributed by atoms with Gasteiger partial charge in [-0.3, -0.25) is 4.79 Å². The Hall–Kier alpha value is -2.38. The van der Waals surface area contributed by atoms with Gasteiger partial charge in [0, 0.05) is 18.7 Å². The lowest BCUT2D eigenvalue weighted by molar-refractivity contribution is 0.0621. The normalized spacial score (nSPS) is 13.6. The van der Waals surface area contributed by atoms with E-state index in [-0.39, 0.29) is 5.91 Å². The highest BCUT2D eigenvalue weighted by Crippen LogP contribution is 2.21. The molecule has 0 radical (unpaired) electrons. The van der Waals surface area contributed by atoms with Crippen molar-refractivity contribution in [2.45, 2.75) is 45.8 Å². The molecule has 1 aromatic heterocycles. The zero-order valence-electron chi connectivity index (χ0n) is 17.5. The van der Waals surface area contributed by atoms with Crippen LogP contribution in [0.2, 0.25) is 0 Å². The molecule has 4 N–H and O–H groups in total. The van der Waals surface area contributed by atoms with Gasteiger partial charge in [0.2, 0.25) is 0 Å². The van der Waals surface area contributed by atoms with E-state index in [1.807, 2.05) is 48.0 Å². The number of amides is 1. The van der Waals surface area contributed by atoms with Crippen LogP contribution in [-0.4, -0.2) is 36.6 Å². The lowest BCUT2D eigenvalue weighted by atomic mass is 9.99. The van der Waals surface area contributed by atoms with Crippen molar-refractivity contribution in [1.82, 2.24) is 16.0 Å². The molecule has 1 amide bonds. The molecular weight excluding hydrogens is 384 g/mol. The number of rotatable bonds is 10. The Morgan fingerprint density at radius 2 is 1.90 bits per heavy atom. The van der Waals surface area contributed by atoms with Crippen LogP contribution in [0.15, 0.2) is 46.1 Å². The monoisotopic (exact) mass is 416 g/mol. The molecule has 0 aliphatic carbocycles. The lowest BCUT2D eigenvalue weighted by Gasteiger charge is -2.24. The topological polar surface area (TPSA) is 85.8 Å². The van der Waals surface area contributed by atoms with Gasteiger partial charge in [0.15, 0.2) is 5.96 Å². The highest BCUT2D eigenvalue weighted by atomic mass is 32.1. The highest BCUT2D eigenvalue weighted by molar-refractivity contribution is 7.08. The van der Waals surface area contributed by atoms with E-state index < -0.39 is 5.60 Å². The standard InChI is InChI=1S/C22H32N4O2S/c1-4-6-12-24-20(27)18-9-7-17(8-10-18)14-25-21(23-5-2)26-16-22(3,28)19-11-13-29-15-19/h7-11,13,15,28H,4-6,12,14,16H2,1-3H3,(H,24,27)(H2,23,25,26). The van der Waals surface area contributed by atoms with Gasteiger partial charge in [0.05, 0.1) is 13.1 Å². The third-order valence-electron chi connectivity index (χ3n) is 4.54. The predicted octanol–water partition coefficient (Wildman–Crippen LogP) is 3.24. The number of thiophene rings is 1. The molecule has 0 saturated carbocycles. The lowest BCUT2D eigenvalue weighted by Crippen LogP contribution is -2.44. The molecule has 7 heteroatoms. The Morgan fingerprint density at radius 3 is 2.52 bits per heavy atom. The number of nitrogens with one attached hydrogen (secondary N) is 3. The average molecular weight is 417 g/mol. The van der Waals surface area contributed by atoms with Crippen LogP contribution in [0.25, 0.3) is 0 Å². The van der Waals surface area contributed by atoms with E-state index >= 15 is 0 Å². The van der Waals surface area contributed by atoms with E-state index in [0.717, 1.165) is 30.5 Å². The molecule has 0 aliphatic rings. The van der Waals surface area contributed by atoms with E-state index in [1.165, 1.54) is 0 Å². The fourth-order valence-corrected chi connectivity index (χ4v) is 3.47. The predicted molar refractivity (Wildman–Crippen MR) is 120 cm³/mol. The maximum Gasteiger partial charge on any atom is 0.251 e. The average Bonchev–Trinajstić information content (AvgIpc) is 3.26. The van der Waals surface area contributed by atoms with Crippen LogP contribution in [0.5, 0.6) is 0 Å². The first-order valence-corrected chi connectivity index (χ1v) is 11.0. The van der Waals surface area contributed by atoms with Gasteiger partial charge in [0.1, 0.15) is 5.60 Å². The van der Waals surface area contributed by atoms with Gasteiger partial charge in [-0.2, -0.15) is 11.3 Å². The number of benzene rings is 1. The summed E-state index contributed by atoms with van der Waals surface area (Å²) in [5, 5.41) is 23.9. The third-order valence-corrected chi connectivity index (χ3v) is 5.22. The van der Waals surface area contributed by atoms with E-state index in [1.54, 1.807) is 18.3 Å². The fraction of sp³-hybridized carbons (Fsp3) is 0.455. The van der Waals surface area contributed by atoms with Crippen molar-refractivity contribution in [2.24, 2.45) is 4.99 Å². The number of hydrogen-bond acceptors (Lipinski definition) is 4. The minimum Gasteiger partial charge on any atom is -0.384 e. The van der Waals surface area contributed by atoms with Crippen LogP contribution < -0.4 is 16.0 Å². The van der Waals surface area contributed by atoms with Gasteiger partial charge in [-0.1, -0.05) is 25.5 Å². The molecule has 2 aromatic rings. The summed E-state index contributed by atoms with van der Waals surface area (Å²) in [6.07, 6.45) is 2.04. The molecule has 1 atom stereocenters. The maximum absolute atomic E-state index is 12.1. The Labute approximate surface area is 177 Å². The first-order valence-electron chi connectivity index (χ1n) is 10.1.